The Morgan fingerprint density at radius 1 is 1.62 bits per heavy atom. The summed E-state index contributed by atoms with van der Waals surface area (Å²) >= 11 is 0. The van der Waals surface area contributed by atoms with Gasteiger partial charge in [0, 0.05) is 19.4 Å². The van der Waals surface area contributed by atoms with Gasteiger partial charge in [0.15, 0.2) is 5.57 Å². The Hall–Kier alpha value is -0.610. The van der Waals surface area contributed by atoms with E-state index in [2.05, 4.69) is 32.6 Å². The molecule has 0 radical (unpaired) electrons. The van der Waals surface area contributed by atoms with Crippen LogP contribution in [-0.2, 0) is 0 Å². The van der Waals surface area contributed by atoms with E-state index in [1.165, 1.54) is 0 Å². The van der Waals surface area contributed by atoms with Crippen molar-refractivity contribution < 1.29 is 0 Å². The summed E-state index contributed by atoms with van der Waals surface area (Å²) in [5.41, 5.74) is 3.95. The van der Waals surface area contributed by atoms with E-state index < -0.39 is 0 Å². The Kier molecular flexibility index (Phi) is 3.14. The van der Waals surface area contributed by atoms with Crippen molar-refractivity contribution in [2.45, 2.75) is 20.8 Å². The van der Waals surface area contributed by atoms with Gasteiger partial charge in [-0.15, -0.1) is 0 Å². The van der Waals surface area contributed by atoms with Gasteiger partial charge >= 0.3 is 0 Å². The quantitative estimate of drug-likeness (QED) is 0.377. The molecule has 0 spiro atoms. The van der Waals surface area contributed by atoms with Gasteiger partial charge < -0.3 is 0 Å². The third-order valence-corrected chi connectivity index (χ3v) is 0.862. The molecule has 0 nitrogen and oxygen atoms in total. The van der Waals surface area contributed by atoms with E-state index in [-0.39, 0.29) is 0 Å². The van der Waals surface area contributed by atoms with Crippen molar-refractivity contribution in [2.75, 3.05) is 0 Å². The summed E-state index contributed by atoms with van der Waals surface area (Å²) < 4.78 is 0. The fourth-order valence-corrected chi connectivity index (χ4v) is 0.559. The second-order valence-electron chi connectivity index (χ2n) is 2.27. The summed E-state index contributed by atoms with van der Waals surface area (Å²) in [6.07, 6.45) is 2.13. The lowest BCUT2D eigenvalue weighted by atomic mass is 10.1. The molecule has 0 aliphatic carbocycles. The van der Waals surface area contributed by atoms with E-state index in [9.17, 15) is 0 Å². The van der Waals surface area contributed by atoms with Gasteiger partial charge in [-0.25, -0.2) is 0 Å². The van der Waals surface area contributed by atoms with Gasteiger partial charge in [0.25, 0.3) is 0 Å². The van der Waals surface area contributed by atoms with Crippen molar-refractivity contribution in [1.82, 2.24) is 0 Å². The molecule has 0 N–H and O–H groups in total. The summed E-state index contributed by atoms with van der Waals surface area (Å²) in [6, 6.07) is 0. The molecule has 0 heteroatoms. The molecule has 0 fully saturated rings. The first-order valence-electron chi connectivity index (χ1n) is 2.88. The fourth-order valence-electron chi connectivity index (χ4n) is 0.559. The van der Waals surface area contributed by atoms with Crippen LogP contribution in [0.3, 0.4) is 0 Å². The predicted octanol–water partition coefficient (Wildman–Crippen LogP) is 2.58. The average Bonchev–Trinajstić information content (AvgIpc) is 1.65. The summed E-state index contributed by atoms with van der Waals surface area (Å²) in [5, 5.41) is 0. The van der Waals surface area contributed by atoms with Gasteiger partial charge in [-0.05, 0) is 13.8 Å². The highest BCUT2D eigenvalue weighted by atomic mass is 14.0. The first-order chi connectivity index (χ1) is 3.66. The molecule has 0 atom stereocenters. The van der Waals surface area contributed by atoms with Crippen molar-refractivity contribution in [3.05, 3.63) is 24.3 Å². The molecular formula is C8H13+. The predicted molar refractivity (Wildman–Crippen MR) is 37.5 cm³/mol. The number of hydrogen-bond donors (Lipinski definition) is 0. The first-order valence-corrected chi connectivity index (χ1v) is 2.88. The SMILES string of the molecule is C=C=C(C)[CH+]C(C)C. The summed E-state index contributed by atoms with van der Waals surface area (Å²) in [7, 11) is 0. The summed E-state index contributed by atoms with van der Waals surface area (Å²) in [5.74, 6) is 0.615. The molecule has 8 heavy (non-hydrogen) atoms. The molecule has 0 aromatic rings. The van der Waals surface area contributed by atoms with Crippen molar-refractivity contribution in [3.63, 3.8) is 0 Å². The molecule has 0 rings (SSSR count). The lowest BCUT2D eigenvalue weighted by molar-refractivity contribution is 0.771. The molecular weight excluding hydrogens is 96.1 g/mol. The monoisotopic (exact) mass is 109 g/mol. The van der Waals surface area contributed by atoms with Gasteiger partial charge in [0.05, 0.1) is 12.2 Å². The lowest BCUT2D eigenvalue weighted by Crippen LogP contribution is -1.87. The Labute approximate surface area is 51.9 Å². The van der Waals surface area contributed by atoms with Gasteiger partial charge in [-0.1, -0.05) is 0 Å². The van der Waals surface area contributed by atoms with E-state index in [0.29, 0.717) is 5.92 Å². The highest BCUT2D eigenvalue weighted by Gasteiger charge is 2.01. The van der Waals surface area contributed by atoms with Crippen LogP contribution >= 0.6 is 0 Å². The molecule has 44 valence electrons. The first kappa shape index (κ1) is 7.39. The van der Waals surface area contributed by atoms with Gasteiger partial charge in [0.1, 0.15) is 0 Å². The van der Waals surface area contributed by atoms with Crippen molar-refractivity contribution >= 4 is 0 Å². The van der Waals surface area contributed by atoms with Crippen LogP contribution in [0.4, 0.5) is 0 Å². The maximum absolute atomic E-state index is 3.52. The maximum atomic E-state index is 3.52. The van der Waals surface area contributed by atoms with Crippen LogP contribution in [0.15, 0.2) is 17.9 Å². The van der Waals surface area contributed by atoms with Crippen LogP contribution in [0.25, 0.3) is 0 Å². The molecule has 0 saturated carbocycles. The second-order valence-corrected chi connectivity index (χ2v) is 2.27. The summed E-state index contributed by atoms with van der Waals surface area (Å²) in [4.78, 5) is 0. The molecule has 0 unspecified atom stereocenters. The van der Waals surface area contributed by atoms with Crippen LogP contribution in [0, 0.1) is 12.3 Å². The fraction of sp³-hybridized carbons (Fsp3) is 0.500. The average molecular weight is 109 g/mol. The third kappa shape index (κ3) is 3.58. The van der Waals surface area contributed by atoms with Gasteiger partial charge in [0.2, 0.25) is 0 Å². The van der Waals surface area contributed by atoms with E-state index in [1.807, 2.05) is 6.92 Å². The van der Waals surface area contributed by atoms with Crippen molar-refractivity contribution in [2.24, 2.45) is 5.92 Å². The van der Waals surface area contributed by atoms with Crippen LogP contribution in [0.5, 0.6) is 0 Å². The minimum atomic E-state index is 0.615. The molecule has 0 aromatic heterocycles. The molecule has 0 aliphatic heterocycles. The zero-order valence-corrected chi connectivity index (χ0v) is 5.86. The minimum Gasteiger partial charge on any atom is -0.0413 e. The molecule has 0 amide bonds. The van der Waals surface area contributed by atoms with E-state index >= 15 is 0 Å². The Bertz CT molecular complexity index is 103. The molecule has 0 aromatic carbocycles. The normalized spacial score (nSPS) is 8.50. The van der Waals surface area contributed by atoms with Gasteiger partial charge in [-0.3, -0.25) is 0 Å². The third-order valence-electron chi connectivity index (χ3n) is 0.862. The maximum Gasteiger partial charge on any atom is 0.164 e. The molecule has 0 heterocycles. The largest absolute Gasteiger partial charge is 0.164 e. The lowest BCUT2D eigenvalue weighted by Gasteiger charge is -1.90. The van der Waals surface area contributed by atoms with E-state index in [1.54, 1.807) is 0 Å². The zero-order chi connectivity index (χ0) is 6.57. The smallest absolute Gasteiger partial charge is 0.0413 e. The van der Waals surface area contributed by atoms with E-state index in [0.717, 1.165) is 5.57 Å². The van der Waals surface area contributed by atoms with Crippen LogP contribution in [0.1, 0.15) is 20.8 Å². The number of hydrogen-bond acceptors (Lipinski definition) is 0. The van der Waals surface area contributed by atoms with Gasteiger partial charge in [-0.2, -0.15) is 0 Å². The number of rotatable bonds is 2. The molecule has 0 saturated heterocycles. The van der Waals surface area contributed by atoms with Crippen molar-refractivity contribution in [3.8, 4) is 0 Å². The van der Waals surface area contributed by atoms with Crippen LogP contribution in [-0.4, -0.2) is 0 Å². The molecule has 0 bridgehead atoms. The van der Waals surface area contributed by atoms with Crippen LogP contribution < -0.4 is 0 Å². The van der Waals surface area contributed by atoms with Crippen LogP contribution in [0.2, 0.25) is 0 Å². The Balaban J connectivity index is 3.56. The Morgan fingerprint density at radius 2 is 2.12 bits per heavy atom. The number of allylic oxidation sites excluding steroid dienone is 1. The van der Waals surface area contributed by atoms with Crippen molar-refractivity contribution in [1.29, 1.82) is 0 Å². The summed E-state index contributed by atoms with van der Waals surface area (Å²) in [6.45, 7) is 9.81. The molecule has 0 aliphatic rings. The highest BCUT2D eigenvalue weighted by Crippen LogP contribution is 2.05. The standard InChI is InChI=1S/C8H13/c1-5-8(4)6-7(2)3/h6-7H,1H2,2-4H3/q+1. The minimum absolute atomic E-state index is 0.615. The zero-order valence-electron chi connectivity index (χ0n) is 5.86. The second kappa shape index (κ2) is 3.40. The topological polar surface area (TPSA) is 0 Å². The van der Waals surface area contributed by atoms with E-state index in [4.69, 9.17) is 0 Å². The Morgan fingerprint density at radius 3 is 2.25 bits per heavy atom. The highest BCUT2D eigenvalue weighted by molar-refractivity contribution is 5.08.